The van der Waals surface area contributed by atoms with Crippen LogP contribution in [0.5, 0.6) is 5.75 Å². The van der Waals surface area contributed by atoms with Gasteiger partial charge in [-0.15, -0.1) is 0 Å². The van der Waals surface area contributed by atoms with E-state index in [1.54, 1.807) is 0 Å². The van der Waals surface area contributed by atoms with E-state index in [-0.39, 0.29) is 29.7 Å². The molecule has 1 aliphatic heterocycles. The summed E-state index contributed by atoms with van der Waals surface area (Å²) in [6.07, 6.45) is 3.28. The molecule has 0 radical (unpaired) electrons. The fourth-order valence-electron chi connectivity index (χ4n) is 3.55. The zero-order valence-electron chi connectivity index (χ0n) is 16.0. The fraction of sp³-hybridized carbons (Fsp3) is 0.227. The van der Waals surface area contributed by atoms with Gasteiger partial charge in [0, 0.05) is 17.2 Å². The number of carboxylic acid groups (broad SMARTS) is 1. The Morgan fingerprint density at radius 3 is 2.63 bits per heavy atom. The van der Waals surface area contributed by atoms with Crippen LogP contribution in [0.3, 0.4) is 0 Å². The monoisotopic (exact) mass is 471 g/mol. The molecule has 1 fully saturated rings. The van der Waals surface area contributed by atoms with Gasteiger partial charge in [0.15, 0.2) is 0 Å². The Balaban J connectivity index is 1.60. The SMILES string of the molecule is O=C(O)c1cnc(N2CCC[C@@H]2c2ccc(Br)cc2)nc1COc1ccc(F)cc1. The molecule has 2 aromatic carbocycles. The van der Waals surface area contributed by atoms with Crippen molar-refractivity contribution < 1.29 is 19.0 Å². The molecule has 1 N–H and O–H groups in total. The van der Waals surface area contributed by atoms with E-state index < -0.39 is 5.97 Å². The van der Waals surface area contributed by atoms with Crippen LogP contribution in [0, 0.1) is 5.82 Å². The molecule has 0 amide bonds. The van der Waals surface area contributed by atoms with E-state index in [9.17, 15) is 14.3 Å². The first-order valence-corrected chi connectivity index (χ1v) is 10.3. The number of ether oxygens (including phenoxy) is 1. The summed E-state index contributed by atoms with van der Waals surface area (Å²) in [7, 11) is 0. The van der Waals surface area contributed by atoms with Gasteiger partial charge in [-0.1, -0.05) is 28.1 Å². The van der Waals surface area contributed by atoms with Crippen molar-refractivity contribution >= 4 is 27.8 Å². The van der Waals surface area contributed by atoms with Crippen molar-refractivity contribution in [3.63, 3.8) is 0 Å². The highest BCUT2D eigenvalue weighted by Crippen LogP contribution is 2.35. The summed E-state index contributed by atoms with van der Waals surface area (Å²) in [5, 5.41) is 9.51. The molecule has 3 aromatic rings. The zero-order chi connectivity index (χ0) is 21.1. The summed E-state index contributed by atoms with van der Waals surface area (Å²) >= 11 is 3.46. The van der Waals surface area contributed by atoms with Gasteiger partial charge < -0.3 is 14.7 Å². The van der Waals surface area contributed by atoms with Crippen molar-refractivity contribution in [2.45, 2.75) is 25.5 Å². The molecule has 1 atom stereocenters. The van der Waals surface area contributed by atoms with E-state index >= 15 is 0 Å². The molecule has 6 nitrogen and oxygen atoms in total. The van der Waals surface area contributed by atoms with E-state index in [0.717, 1.165) is 29.4 Å². The summed E-state index contributed by atoms with van der Waals surface area (Å²) in [5.74, 6) is -0.582. The minimum atomic E-state index is -1.12. The predicted molar refractivity (Wildman–Crippen MR) is 113 cm³/mol. The Labute approximate surface area is 181 Å². The molecule has 2 heterocycles. The number of anilines is 1. The van der Waals surface area contributed by atoms with Crippen molar-refractivity contribution in [3.8, 4) is 5.75 Å². The third-order valence-electron chi connectivity index (χ3n) is 5.04. The second-order valence-electron chi connectivity index (χ2n) is 6.98. The number of carboxylic acids is 1. The normalized spacial score (nSPS) is 15.9. The van der Waals surface area contributed by atoms with E-state index in [1.807, 2.05) is 12.1 Å². The Kier molecular flexibility index (Phi) is 5.94. The largest absolute Gasteiger partial charge is 0.487 e. The number of nitrogens with zero attached hydrogens (tertiary/aromatic N) is 3. The van der Waals surface area contributed by atoms with Crippen LogP contribution in [-0.4, -0.2) is 27.6 Å². The van der Waals surface area contributed by atoms with E-state index in [0.29, 0.717) is 11.7 Å². The molecule has 0 aliphatic carbocycles. The first kappa shape index (κ1) is 20.3. The Hall–Kier alpha value is -3.00. The Morgan fingerprint density at radius 1 is 1.20 bits per heavy atom. The number of aromatic carboxylic acids is 1. The number of hydrogen-bond acceptors (Lipinski definition) is 5. The molecule has 1 aromatic heterocycles. The van der Waals surface area contributed by atoms with Gasteiger partial charge in [-0.25, -0.2) is 19.2 Å². The van der Waals surface area contributed by atoms with Crippen LogP contribution < -0.4 is 9.64 Å². The standard InChI is InChI=1S/C22H19BrFN3O3/c23-15-5-3-14(4-6-15)20-2-1-11-27(20)22-25-12-18(21(28)29)19(26-22)13-30-17-9-7-16(24)8-10-17/h3-10,12,20H,1-2,11,13H2,(H,28,29)/t20-/m1/s1. The highest BCUT2D eigenvalue weighted by molar-refractivity contribution is 9.10. The summed E-state index contributed by atoms with van der Waals surface area (Å²) in [6.45, 7) is 0.727. The van der Waals surface area contributed by atoms with Crippen LogP contribution in [0.1, 0.15) is 40.5 Å². The third-order valence-corrected chi connectivity index (χ3v) is 5.57. The van der Waals surface area contributed by atoms with Crippen molar-refractivity contribution in [2.24, 2.45) is 0 Å². The fourth-order valence-corrected chi connectivity index (χ4v) is 3.82. The van der Waals surface area contributed by atoms with E-state index in [4.69, 9.17) is 4.74 Å². The van der Waals surface area contributed by atoms with Gasteiger partial charge in [0.1, 0.15) is 23.7 Å². The number of rotatable bonds is 6. The number of halogens is 2. The number of aromatic nitrogens is 2. The maximum atomic E-state index is 13.1. The van der Waals surface area contributed by atoms with Crippen molar-refractivity contribution in [1.29, 1.82) is 0 Å². The van der Waals surface area contributed by atoms with Crippen molar-refractivity contribution in [1.82, 2.24) is 9.97 Å². The van der Waals surface area contributed by atoms with Gasteiger partial charge in [0.2, 0.25) is 5.95 Å². The predicted octanol–water partition coefficient (Wildman–Crippen LogP) is 5.00. The third kappa shape index (κ3) is 4.43. The molecule has 1 saturated heterocycles. The summed E-state index contributed by atoms with van der Waals surface area (Å²) in [4.78, 5) is 22.6. The molecular weight excluding hydrogens is 453 g/mol. The first-order valence-electron chi connectivity index (χ1n) is 9.51. The number of benzene rings is 2. The van der Waals surface area contributed by atoms with Gasteiger partial charge in [0.25, 0.3) is 0 Å². The maximum absolute atomic E-state index is 13.1. The molecule has 0 saturated carbocycles. The first-order chi connectivity index (χ1) is 14.5. The average molecular weight is 472 g/mol. The molecule has 0 unspecified atom stereocenters. The van der Waals surface area contributed by atoms with Crippen LogP contribution in [0.25, 0.3) is 0 Å². The average Bonchev–Trinajstić information content (AvgIpc) is 3.23. The summed E-state index contributed by atoms with van der Waals surface area (Å²) in [5.41, 5.74) is 1.42. The van der Waals surface area contributed by atoms with Gasteiger partial charge in [-0.2, -0.15) is 0 Å². The topological polar surface area (TPSA) is 75.5 Å². The van der Waals surface area contributed by atoms with Gasteiger partial charge in [-0.3, -0.25) is 0 Å². The second kappa shape index (κ2) is 8.79. The quantitative estimate of drug-likeness (QED) is 0.545. The molecule has 8 heteroatoms. The van der Waals surface area contributed by atoms with Gasteiger partial charge in [0.05, 0.1) is 11.7 Å². The smallest absolute Gasteiger partial charge is 0.339 e. The lowest BCUT2D eigenvalue weighted by Gasteiger charge is -2.25. The lowest BCUT2D eigenvalue weighted by Crippen LogP contribution is -2.26. The van der Waals surface area contributed by atoms with E-state index in [1.165, 1.54) is 30.5 Å². The van der Waals surface area contributed by atoms with Gasteiger partial charge in [-0.05, 0) is 54.8 Å². The molecule has 0 spiro atoms. The Bertz CT molecular complexity index is 1040. The molecule has 0 bridgehead atoms. The lowest BCUT2D eigenvalue weighted by atomic mass is 10.1. The minimum absolute atomic E-state index is 0.0137. The molecule has 4 rings (SSSR count). The number of hydrogen-bond donors (Lipinski definition) is 1. The van der Waals surface area contributed by atoms with Crippen molar-refractivity contribution in [2.75, 3.05) is 11.4 Å². The molecular formula is C22H19BrFN3O3. The van der Waals surface area contributed by atoms with Crippen LogP contribution in [-0.2, 0) is 6.61 Å². The van der Waals surface area contributed by atoms with Crippen LogP contribution in [0.4, 0.5) is 10.3 Å². The highest BCUT2D eigenvalue weighted by atomic mass is 79.9. The Morgan fingerprint density at radius 2 is 1.93 bits per heavy atom. The summed E-state index contributed by atoms with van der Waals surface area (Å²) < 4.78 is 19.7. The van der Waals surface area contributed by atoms with E-state index in [2.05, 4.69) is 42.9 Å². The van der Waals surface area contributed by atoms with Crippen LogP contribution >= 0.6 is 15.9 Å². The minimum Gasteiger partial charge on any atom is -0.487 e. The zero-order valence-corrected chi connectivity index (χ0v) is 17.5. The lowest BCUT2D eigenvalue weighted by molar-refractivity contribution is 0.0692. The molecule has 154 valence electrons. The molecule has 1 aliphatic rings. The maximum Gasteiger partial charge on any atom is 0.339 e. The highest BCUT2D eigenvalue weighted by Gasteiger charge is 2.29. The second-order valence-corrected chi connectivity index (χ2v) is 7.90. The molecule has 30 heavy (non-hydrogen) atoms. The van der Waals surface area contributed by atoms with Crippen molar-refractivity contribution in [3.05, 3.63) is 81.8 Å². The van der Waals surface area contributed by atoms with Gasteiger partial charge >= 0.3 is 5.97 Å². The van der Waals surface area contributed by atoms with Crippen LogP contribution in [0.2, 0.25) is 0 Å². The van der Waals surface area contributed by atoms with Crippen LogP contribution in [0.15, 0.2) is 59.2 Å². The number of carbonyl (C=O) groups is 1. The summed E-state index contributed by atoms with van der Waals surface area (Å²) in [6, 6.07) is 13.8.